The summed E-state index contributed by atoms with van der Waals surface area (Å²) in [6, 6.07) is 0. The molecule has 0 heterocycles. The van der Waals surface area contributed by atoms with Crippen molar-refractivity contribution >= 4 is 43.7 Å². The predicted molar refractivity (Wildman–Crippen MR) is 43.1 cm³/mol. The van der Waals surface area contributed by atoms with E-state index in [1.807, 2.05) is 0 Å². The molecule has 5 heteroatoms. The summed E-state index contributed by atoms with van der Waals surface area (Å²) in [6.07, 6.45) is -1.50. The molecule has 0 radical (unpaired) electrons. The van der Waals surface area contributed by atoms with Crippen LogP contribution < -0.4 is 0 Å². The molecule has 0 aliphatic heterocycles. The molecule has 0 saturated heterocycles. The summed E-state index contributed by atoms with van der Waals surface area (Å²) in [7, 11) is 0. The first-order chi connectivity index (χ1) is 4.41. The van der Waals surface area contributed by atoms with Gasteiger partial charge in [0, 0.05) is 5.41 Å². The molecule has 0 spiro atoms. The van der Waals surface area contributed by atoms with Gasteiger partial charge in [-0.05, 0) is 0 Å². The van der Waals surface area contributed by atoms with Gasteiger partial charge in [0.1, 0.15) is 0 Å². The first kappa shape index (κ1) is 14.2. The SMILES string of the molecule is CC(C)(CO)C(O)C(=O)O.[CaH2]. The molecule has 1 unspecified atom stereocenters. The molecule has 11 heavy (non-hydrogen) atoms. The first-order valence-electron chi connectivity index (χ1n) is 2.93. The first-order valence-corrected chi connectivity index (χ1v) is 2.93. The van der Waals surface area contributed by atoms with Crippen LogP contribution in [0.15, 0.2) is 0 Å². The Hall–Kier alpha value is 0.650. The second kappa shape index (κ2) is 5.32. The minimum absolute atomic E-state index is 0. The Labute approximate surface area is 95.2 Å². The van der Waals surface area contributed by atoms with Gasteiger partial charge < -0.3 is 15.3 Å². The zero-order valence-corrected chi connectivity index (χ0v) is 6.03. The van der Waals surface area contributed by atoms with E-state index in [0.29, 0.717) is 0 Å². The topological polar surface area (TPSA) is 77.8 Å². The molecule has 0 amide bonds. The number of rotatable bonds is 3. The molecule has 0 aliphatic rings. The fraction of sp³-hybridized carbons (Fsp3) is 0.833. The number of aliphatic hydroxyl groups excluding tert-OH is 2. The molecule has 0 aromatic heterocycles. The van der Waals surface area contributed by atoms with E-state index < -0.39 is 17.5 Å². The van der Waals surface area contributed by atoms with Crippen LogP contribution >= 0.6 is 0 Å². The molecule has 0 bridgehead atoms. The number of aliphatic hydroxyl groups is 2. The van der Waals surface area contributed by atoms with Gasteiger partial charge in [-0.3, -0.25) is 0 Å². The van der Waals surface area contributed by atoms with Crippen LogP contribution in [0.2, 0.25) is 0 Å². The monoisotopic (exact) mass is 190 g/mol. The van der Waals surface area contributed by atoms with E-state index in [1.54, 1.807) is 0 Å². The molecule has 0 aliphatic carbocycles. The minimum atomic E-state index is -1.50. The third-order valence-electron chi connectivity index (χ3n) is 1.38. The molecule has 0 aromatic rings. The molecule has 3 N–H and O–H groups in total. The summed E-state index contributed by atoms with van der Waals surface area (Å²) in [5.41, 5.74) is -0.966. The van der Waals surface area contributed by atoms with Gasteiger partial charge in [-0.25, -0.2) is 4.79 Å². The van der Waals surface area contributed by atoms with Crippen molar-refractivity contribution in [1.29, 1.82) is 0 Å². The Kier molecular flexibility index (Phi) is 6.87. The fourth-order valence-electron chi connectivity index (χ4n) is 0.421. The van der Waals surface area contributed by atoms with Crippen molar-refractivity contribution < 1.29 is 20.1 Å². The van der Waals surface area contributed by atoms with Gasteiger partial charge in [-0.1, -0.05) is 13.8 Å². The van der Waals surface area contributed by atoms with Crippen molar-refractivity contribution in [2.24, 2.45) is 5.41 Å². The standard InChI is InChI=1S/C6H12O4.Ca.2H/c1-6(2,3-7)4(8)5(9)10;;;/h4,7-8H,3H2,1-2H3,(H,9,10);;;. The van der Waals surface area contributed by atoms with Crippen molar-refractivity contribution in [3.8, 4) is 0 Å². The summed E-state index contributed by atoms with van der Waals surface area (Å²) < 4.78 is 0. The Bertz CT molecular complexity index is 135. The number of hydrogen-bond donors (Lipinski definition) is 3. The van der Waals surface area contributed by atoms with Crippen molar-refractivity contribution in [1.82, 2.24) is 0 Å². The zero-order chi connectivity index (χ0) is 8.36. The zero-order valence-electron chi connectivity index (χ0n) is 6.03. The second-order valence-corrected chi connectivity index (χ2v) is 2.89. The van der Waals surface area contributed by atoms with Gasteiger partial charge in [0.2, 0.25) is 0 Å². The number of carboxylic acid groups (broad SMARTS) is 1. The van der Waals surface area contributed by atoms with E-state index >= 15 is 0 Å². The summed E-state index contributed by atoms with van der Waals surface area (Å²) in [6.45, 7) is 2.61. The Morgan fingerprint density at radius 3 is 2.00 bits per heavy atom. The van der Waals surface area contributed by atoms with E-state index in [1.165, 1.54) is 13.8 Å². The summed E-state index contributed by atoms with van der Waals surface area (Å²) in [5.74, 6) is -1.31. The Morgan fingerprint density at radius 1 is 1.55 bits per heavy atom. The number of aliphatic carboxylic acids is 1. The van der Waals surface area contributed by atoms with Crippen molar-refractivity contribution in [2.45, 2.75) is 20.0 Å². The molecule has 0 aromatic carbocycles. The Morgan fingerprint density at radius 2 is 1.91 bits per heavy atom. The van der Waals surface area contributed by atoms with E-state index in [9.17, 15) is 4.79 Å². The maximum absolute atomic E-state index is 10.1. The number of hydrogen-bond acceptors (Lipinski definition) is 3. The molecule has 0 fully saturated rings. The van der Waals surface area contributed by atoms with E-state index in [0.717, 1.165) is 0 Å². The summed E-state index contributed by atoms with van der Waals surface area (Å²) >= 11 is 0. The van der Waals surface area contributed by atoms with Crippen LogP contribution in [0.3, 0.4) is 0 Å². The van der Waals surface area contributed by atoms with Crippen LogP contribution in [0.5, 0.6) is 0 Å². The van der Waals surface area contributed by atoms with E-state index in [2.05, 4.69) is 0 Å². The molecule has 1 atom stereocenters. The average molecular weight is 190 g/mol. The maximum atomic E-state index is 10.1. The van der Waals surface area contributed by atoms with Crippen LogP contribution in [0.1, 0.15) is 13.8 Å². The summed E-state index contributed by atoms with van der Waals surface area (Å²) in [5, 5.41) is 25.8. The molecule has 0 saturated carbocycles. The fourth-order valence-corrected chi connectivity index (χ4v) is 0.421. The van der Waals surface area contributed by atoms with E-state index in [-0.39, 0.29) is 44.3 Å². The van der Waals surface area contributed by atoms with Crippen LogP contribution in [0, 0.1) is 5.41 Å². The number of carboxylic acids is 1. The quantitative estimate of drug-likeness (QED) is 0.475. The molecule has 4 nitrogen and oxygen atoms in total. The van der Waals surface area contributed by atoms with Crippen LogP contribution in [-0.2, 0) is 4.79 Å². The van der Waals surface area contributed by atoms with Gasteiger partial charge in [-0.15, -0.1) is 0 Å². The van der Waals surface area contributed by atoms with Crippen LogP contribution in [0.4, 0.5) is 0 Å². The Balaban J connectivity index is 0. The van der Waals surface area contributed by atoms with Gasteiger partial charge in [0.25, 0.3) is 0 Å². The van der Waals surface area contributed by atoms with E-state index in [4.69, 9.17) is 15.3 Å². The molecule has 0 rings (SSSR count). The van der Waals surface area contributed by atoms with Crippen molar-refractivity contribution in [3.05, 3.63) is 0 Å². The van der Waals surface area contributed by atoms with Crippen molar-refractivity contribution in [3.63, 3.8) is 0 Å². The van der Waals surface area contributed by atoms with Crippen LogP contribution in [-0.4, -0.2) is 71.7 Å². The predicted octanol–water partition coefficient (Wildman–Crippen LogP) is -1.47. The van der Waals surface area contributed by atoms with Gasteiger partial charge in [-0.2, -0.15) is 0 Å². The molecule has 64 valence electrons. The van der Waals surface area contributed by atoms with Gasteiger partial charge >= 0.3 is 43.7 Å². The normalized spacial score (nSPS) is 13.5. The van der Waals surface area contributed by atoms with Gasteiger partial charge in [0.05, 0.1) is 6.61 Å². The molecular weight excluding hydrogens is 176 g/mol. The molecular formula is C6H14CaO4. The summed E-state index contributed by atoms with van der Waals surface area (Å²) in [4.78, 5) is 10.1. The van der Waals surface area contributed by atoms with Crippen molar-refractivity contribution in [2.75, 3.05) is 6.61 Å². The third-order valence-corrected chi connectivity index (χ3v) is 1.38. The number of carbonyl (C=O) groups is 1. The third kappa shape index (κ3) is 4.28. The second-order valence-electron chi connectivity index (χ2n) is 2.89. The average Bonchev–Trinajstić information content (AvgIpc) is 1.86. The van der Waals surface area contributed by atoms with Gasteiger partial charge in [0.15, 0.2) is 6.10 Å². The van der Waals surface area contributed by atoms with Crippen LogP contribution in [0.25, 0.3) is 0 Å².